The van der Waals surface area contributed by atoms with Gasteiger partial charge in [0.2, 0.25) is 0 Å². The van der Waals surface area contributed by atoms with Crippen molar-refractivity contribution in [3.8, 4) is 5.75 Å². The number of benzene rings is 1. The average molecular weight is 407 g/mol. The predicted molar refractivity (Wildman–Crippen MR) is 126 cm³/mol. The van der Waals surface area contributed by atoms with Crippen LogP contribution < -0.4 is 15.8 Å². The first-order chi connectivity index (χ1) is 13.6. The summed E-state index contributed by atoms with van der Waals surface area (Å²) in [6, 6.07) is 5.27. The van der Waals surface area contributed by atoms with E-state index in [1.54, 1.807) is 12.1 Å². The van der Waals surface area contributed by atoms with Gasteiger partial charge in [-0.1, -0.05) is 53.5 Å². The van der Waals surface area contributed by atoms with Crippen LogP contribution in [0.15, 0.2) is 18.2 Å². The smallest absolute Gasteiger partial charge is 0.165 e. The number of rotatable bonds is 8. The molecule has 0 aromatic heterocycles. The third-order valence-corrected chi connectivity index (χ3v) is 3.87. The van der Waals surface area contributed by atoms with Crippen LogP contribution in [0.4, 0.5) is 4.39 Å². The average Bonchev–Trinajstić information content (AvgIpc) is 3.60. The Balaban J connectivity index is -0.000000127. The van der Waals surface area contributed by atoms with E-state index in [2.05, 4.69) is 12.2 Å². The van der Waals surface area contributed by atoms with Gasteiger partial charge in [-0.15, -0.1) is 0 Å². The molecule has 172 valence electrons. The first-order valence-electron chi connectivity index (χ1n) is 10.9. The van der Waals surface area contributed by atoms with Crippen LogP contribution in [0.5, 0.6) is 5.75 Å². The molecule has 28 heavy (non-hydrogen) atoms. The molecule has 1 aromatic carbocycles. The van der Waals surface area contributed by atoms with E-state index in [1.165, 1.54) is 38.2 Å². The van der Waals surface area contributed by atoms with E-state index in [-0.39, 0.29) is 14.7 Å². The molecule has 1 aliphatic carbocycles. The molecule has 1 aliphatic rings. The number of ether oxygens (including phenoxy) is 1. The predicted octanol–water partition coefficient (Wildman–Crippen LogP) is 6.18. The van der Waals surface area contributed by atoms with Gasteiger partial charge in [0.05, 0.1) is 6.61 Å². The topological polar surface area (TPSA) is 67.5 Å². The normalized spacial score (nSPS) is 12.4. The van der Waals surface area contributed by atoms with Gasteiger partial charge in [0.1, 0.15) is 0 Å². The summed E-state index contributed by atoms with van der Waals surface area (Å²) < 4.78 is 19.0. The molecule has 0 radical (unpaired) electrons. The molecule has 4 nitrogen and oxygen atoms in total. The van der Waals surface area contributed by atoms with E-state index >= 15 is 0 Å². The van der Waals surface area contributed by atoms with Crippen LogP contribution in [0, 0.1) is 11.7 Å². The number of aliphatic hydroxyl groups excluding tert-OH is 1. The van der Waals surface area contributed by atoms with E-state index < -0.39 is 0 Å². The molecule has 0 spiro atoms. The van der Waals surface area contributed by atoms with Crippen LogP contribution in [0.2, 0.25) is 0 Å². The van der Waals surface area contributed by atoms with Gasteiger partial charge < -0.3 is 20.9 Å². The molecular weight excluding hydrogens is 355 g/mol. The molecule has 1 saturated carbocycles. The molecule has 0 bridgehead atoms. The molecule has 4 N–H and O–H groups in total. The van der Waals surface area contributed by atoms with Gasteiger partial charge in [-0.3, -0.25) is 0 Å². The molecule has 2 rings (SSSR count). The van der Waals surface area contributed by atoms with Gasteiger partial charge in [-0.05, 0) is 63.4 Å². The van der Waals surface area contributed by atoms with Gasteiger partial charge in [0, 0.05) is 16.0 Å². The Morgan fingerprint density at radius 2 is 1.79 bits per heavy atom. The van der Waals surface area contributed by atoms with Crippen LogP contribution >= 0.6 is 0 Å². The zero-order chi connectivity index (χ0) is 22.4. The second-order valence-electron chi connectivity index (χ2n) is 5.95. The molecule has 0 saturated heterocycles. The standard InChI is InChI=1S/C13H18FNO.C5H13N.2C2H6.CH4O.2H2/c1-9(15-2)11-5-6-12(14)13(7-11)16-8-10-3-4-10;1-2-3-4-5-6;3*1-2;;/h5-7,9-10,15H,3-4,8H2,1-2H3;2-6H2,1H3;2*1-2H3;2H,1H3;2*1H/t9-;;;;;;/m0....../s1. The second kappa shape index (κ2) is 23.9. The summed E-state index contributed by atoms with van der Waals surface area (Å²) in [4.78, 5) is 0. The highest BCUT2D eigenvalue weighted by molar-refractivity contribution is 5.32. The fourth-order valence-corrected chi connectivity index (χ4v) is 1.95. The van der Waals surface area contributed by atoms with E-state index in [0.717, 1.165) is 19.2 Å². The van der Waals surface area contributed by atoms with Crippen molar-refractivity contribution in [2.75, 3.05) is 27.3 Å². The van der Waals surface area contributed by atoms with E-state index in [4.69, 9.17) is 15.6 Å². The van der Waals surface area contributed by atoms with Crippen LogP contribution in [0.25, 0.3) is 0 Å². The van der Waals surface area contributed by atoms with E-state index in [9.17, 15) is 4.39 Å². The Morgan fingerprint density at radius 3 is 2.18 bits per heavy atom. The Bertz CT molecular complexity index is 434. The zero-order valence-corrected chi connectivity index (χ0v) is 19.6. The summed E-state index contributed by atoms with van der Waals surface area (Å²) in [5, 5.41) is 10.1. The minimum Gasteiger partial charge on any atom is -0.490 e. The van der Waals surface area contributed by atoms with Crippen LogP contribution in [-0.2, 0) is 0 Å². The molecule has 0 amide bonds. The van der Waals surface area contributed by atoms with E-state index in [1.807, 2.05) is 41.7 Å². The molecule has 5 heteroatoms. The van der Waals surface area contributed by atoms with Gasteiger partial charge >= 0.3 is 0 Å². The zero-order valence-electron chi connectivity index (χ0n) is 19.6. The molecule has 1 aromatic rings. The van der Waals surface area contributed by atoms with E-state index in [0.29, 0.717) is 18.3 Å². The lowest BCUT2D eigenvalue weighted by atomic mass is 10.1. The van der Waals surface area contributed by atoms with Crippen molar-refractivity contribution < 1.29 is 17.1 Å². The number of nitrogens with two attached hydrogens (primary N) is 1. The first-order valence-corrected chi connectivity index (χ1v) is 10.9. The molecule has 1 fully saturated rings. The van der Waals surface area contributed by atoms with Gasteiger partial charge in [-0.2, -0.15) is 0 Å². The lowest BCUT2D eigenvalue weighted by Gasteiger charge is -2.13. The largest absolute Gasteiger partial charge is 0.490 e. The maximum Gasteiger partial charge on any atom is 0.165 e. The fourth-order valence-electron chi connectivity index (χ4n) is 1.95. The van der Waals surface area contributed by atoms with Gasteiger partial charge in [0.15, 0.2) is 11.6 Å². The number of halogens is 1. The Morgan fingerprint density at radius 1 is 1.21 bits per heavy atom. The monoisotopic (exact) mass is 406 g/mol. The van der Waals surface area contributed by atoms with Crippen molar-refractivity contribution in [3.05, 3.63) is 29.6 Å². The number of nitrogens with one attached hydrogen (secondary N) is 1. The molecule has 1 atom stereocenters. The minimum absolute atomic E-state index is 0. The summed E-state index contributed by atoms with van der Waals surface area (Å²) in [5.41, 5.74) is 6.27. The first kappa shape index (κ1) is 31.5. The highest BCUT2D eigenvalue weighted by Gasteiger charge is 2.22. The second-order valence-corrected chi connectivity index (χ2v) is 5.95. The quantitative estimate of drug-likeness (QED) is 0.451. The van der Waals surface area contributed by atoms with Crippen molar-refractivity contribution >= 4 is 0 Å². The van der Waals surface area contributed by atoms with Gasteiger partial charge in [-0.25, -0.2) is 4.39 Å². The Kier molecular flexibility index (Phi) is 26.9. The SMILES string of the molecule is CC.CC.CCCCCN.CN[C@@H](C)c1ccc(F)c(OCC2CC2)c1.CO.[HH].[HH]. The number of aliphatic hydroxyl groups is 1. The third-order valence-electron chi connectivity index (χ3n) is 3.87. The van der Waals surface area contributed by atoms with Crippen molar-refractivity contribution in [2.24, 2.45) is 11.7 Å². The molecule has 0 unspecified atom stereocenters. The fraction of sp³-hybridized carbons (Fsp3) is 0.739. The van der Waals surface area contributed by atoms with Crippen molar-refractivity contribution in [3.63, 3.8) is 0 Å². The molecular formula is C23H51FN2O2. The lowest BCUT2D eigenvalue weighted by Crippen LogP contribution is -2.12. The molecule has 0 heterocycles. The summed E-state index contributed by atoms with van der Waals surface area (Å²) in [7, 11) is 2.89. The highest BCUT2D eigenvalue weighted by Crippen LogP contribution is 2.30. The van der Waals surface area contributed by atoms with Crippen LogP contribution in [0.1, 0.15) is 88.1 Å². The number of hydrogen-bond donors (Lipinski definition) is 3. The van der Waals surface area contributed by atoms with Crippen molar-refractivity contribution in [2.45, 2.75) is 79.7 Å². The van der Waals surface area contributed by atoms with Crippen LogP contribution in [0.3, 0.4) is 0 Å². The van der Waals surface area contributed by atoms with Crippen molar-refractivity contribution in [1.29, 1.82) is 0 Å². The van der Waals surface area contributed by atoms with Crippen molar-refractivity contribution in [1.82, 2.24) is 5.32 Å². The number of unbranched alkanes of at least 4 members (excludes halogenated alkanes) is 2. The third kappa shape index (κ3) is 17.0. The summed E-state index contributed by atoms with van der Waals surface area (Å²) >= 11 is 0. The summed E-state index contributed by atoms with van der Waals surface area (Å²) in [6.07, 6.45) is 6.19. The number of hydrogen-bond acceptors (Lipinski definition) is 4. The molecule has 0 aliphatic heterocycles. The van der Waals surface area contributed by atoms with Crippen LogP contribution in [-0.4, -0.2) is 32.4 Å². The Labute approximate surface area is 177 Å². The maximum absolute atomic E-state index is 13.5. The highest BCUT2D eigenvalue weighted by atomic mass is 19.1. The summed E-state index contributed by atoms with van der Waals surface area (Å²) in [6.45, 7) is 13.7. The maximum atomic E-state index is 13.5. The summed E-state index contributed by atoms with van der Waals surface area (Å²) in [5.74, 6) is 0.754. The lowest BCUT2D eigenvalue weighted by molar-refractivity contribution is 0.285. The van der Waals surface area contributed by atoms with Gasteiger partial charge in [0.25, 0.3) is 0 Å². The minimum atomic E-state index is -0.271. The Hall–Kier alpha value is -1.17.